The molecule has 1 atom stereocenters. The number of ether oxygens (including phenoxy) is 3. The van der Waals surface area contributed by atoms with E-state index in [9.17, 15) is 14.4 Å². The van der Waals surface area contributed by atoms with E-state index in [0.29, 0.717) is 19.3 Å². The van der Waals surface area contributed by atoms with Crippen molar-refractivity contribution in [2.24, 2.45) is 0 Å². The summed E-state index contributed by atoms with van der Waals surface area (Å²) in [5.74, 6) is -0.935. The first-order valence-corrected chi connectivity index (χ1v) is 26.1. The molecule has 0 unspecified atom stereocenters. The molecule has 6 heteroatoms. The van der Waals surface area contributed by atoms with E-state index in [2.05, 4.69) is 69.4 Å². The molecule has 0 bridgehead atoms. The highest BCUT2D eigenvalue weighted by Gasteiger charge is 2.19. The number of carbonyl (C=O) groups excluding carboxylic acids is 3. The Morgan fingerprint density at radius 1 is 0.328 bits per heavy atom. The summed E-state index contributed by atoms with van der Waals surface area (Å²) < 4.78 is 16.8. The van der Waals surface area contributed by atoms with Crippen molar-refractivity contribution in [2.75, 3.05) is 13.2 Å². The summed E-state index contributed by atoms with van der Waals surface area (Å²) >= 11 is 0. The Morgan fingerprint density at radius 3 is 0.984 bits per heavy atom. The Balaban J connectivity index is 4.43. The number of rotatable bonds is 47. The first kappa shape index (κ1) is 58.4. The summed E-state index contributed by atoms with van der Waals surface area (Å²) in [5.41, 5.74) is 0. The molecule has 6 nitrogen and oxygen atoms in total. The Labute approximate surface area is 378 Å². The Bertz CT molecular complexity index is 1070. The molecule has 0 aromatic heterocycles. The fraction of sp³-hybridized carbons (Fsp3) is 0.800. The highest BCUT2D eigenvalue weighted by Crippen LogP contribution is 2.15. The van der Waals surface area contributed by atoms with Crippen molar-refractivity contribution in [1.82, 2.24) is 0 Å². The second-order valence-corrected chi connectivity index (χ2v) is 17.4. The Kier molecular flexibility index (Phi) is 47.9. The smallest absolute Gasteiger partial charge is 0.306 e. The van der Waals surface area contributed by atoms with Crippen molar-refractivity contribution in [3.05, 3.63) is 48.6 Å². The molecule has 0 heterocycles. The van der Waals surface area contributed by atoms with Gasteiger partial charge in [-0.1, -0.05) is 236 Å². The Hall–Kier alpha value is -2.63. The van der Waals surface area contributed by atoms with Crippen LogP contribution in [-0.2, 0) is 28.6 Å². The van der Waals surface area contributed by atoms with Gasteiger partial charge in [0.1, 0.15) is 13.2 Å². The molecule has 0 aliphatic heterocycles. The molecule has 0 radical (unpaired) electrons. The van der Waals surface area contributed by atoms with Gasteiger partial charge in [-0.25, -0.2) is 0 Å². The minimum Gasteiger partial charge on any atom is -0.462 e. The van der Waals surface area contributed by atoms with Gasteiger partial charge in [-0.15, -0.1) is 0 Å². The molecule has 0 amide bonds. The van der Waals surface area contributed by atoms with E-state index in [1.807, 2.05) is 0 Å². The minimum absolute atomic E-state index is 0.0862. The number of unbranched alkanes of at least 4 members (excludes halogenated alkanes) is 28. The molecule has 0 N–H and O–H groups in total. The van der Waals surface area contributed by atoms with Gasteiger partial charge in [-0.05, 0) is 57.8 Å². The third-order valence-electron chi connectivity index (χ3n) is 11.3. The fourth-order valence-electron chi connectivity index (χ4n) is 7.38. The van der Waals surface area contributed by atoms with E-state index in [1.54, 1.807) is 0 Å². The molecule has 0 spiro atoms. The van der Waals surface area contributed by atoms with E-state index < -0.39 is 6.10 Å². The van der Waals surface area contributed by atoms with Crippen molar-refractivity contribution in [1.29, 1.82) is 0 Å². The van der Waals surface area contributed by atoms with E-state index in [1.165, 1.54) is 154 Å². The molecule has 0 aromatic carbocycles. The summed E-state index contributed by atoms with van der Waals surface area (Å²) in [6.07, 6.45) is 59.5. The SMILES string of the molecule is CCCCCC=CCC=CCC=CCC=CCCCC(=O)OC[C@@H](COC(=O)CCCCCCCCCCCCCCC)OC(=O)CCCCCCCCCCCCCCC. The van der Waals surface area contributed by atoms with Gasteiger partial charge < -0.3 is 14.2 Å². The van der Waals surface area contributed by atoms with Gasteiger partial charge in [-0.2, -0.15) is 0 Å². The van der Waals surface area contributed by atoms with Gasteiger partial charge in [-0.3, -0.25) is 14.4 Å². The number of carbonyl (C=O) groups is 3. The zero-order valence-corrected chi connectivity index (χ0v) is 40.4. The zero-order valence-electron chi connectivity index (χ0n) is 40.4. The standard InChI is InChI=1S/C55H98O6/c1-4-7-10-13-16-19-22-25-26-27-28-31-33-36-39-42-45-48-54(57)60-51-52(61-55(58)49-46-43-40-37-34-30-24-21-18-15-12-9-6-3)50-59-53(56)47-44-41-38-35-32-29-23-20-17-14-11-8-5-2/h16,19,25-26,28,31,36,39,52H,4-15,17-18,20-24,27,29-30,32-35,37-38,40-51H2,1-3H3/t52-/m1/s1. The lowest BCUT2D eigenvalue weighted by Crippen LogP contribution is -2.30. The molecular weight excluding hydrogens is 757 g/mol. The Morgan fingerprint density at radius 2 is 0.607 bits per heavy atom. The van der Waals surface area contributed by atoms with Crippen LogP contribution in [0, 0.1) is 0 Å². The van der Waals surface area contributed by atoms with Gasteiger partial charge >= 0.3 is 17.9 Å². The van der Waals surface area contributed by atoms with E-state index in [-0.39, 0.29) is 37.5 Å². The summed E-state index contributed by atoms with van der Waals surface area (Å²) in [6, 6.07) is 0. The second-order valence-electron chi connectivity index (χ2n) is 17.4. The normalized spacial score (nSPS) is 12.4. The third-order valence-corrected chi connectivity index (χ3v) is 11.3. The second kappa shape index (κ2) is 50.0. The third kappa shape index (κ3) is 48.3. The van der Waals surface area contributed by atoms with Crippen molar-refractivity contribution >= 4 is 17.9 Å². The summed E-state index contributed by atoms with van der Waals surface area (Å²) in [6.45, 7) is 6.58. The lowest BCUT2D eigenvalue weighted by atomic mass is 10.0. The number of esters is 3. The number of hydrogen-bond donors (Lipinski definition) is 0. The molecule has 0 fully saturated rings. The lowest BCUT2D eigenvalue weighted by Gasteiger charge is -2.18. The molecule has 0 aliphatic carbocycles. The quantitative estimate of drug-likeness (QED) is 0.0263. The molecule has 0 saturated carbocycles. The highest BCUT2D eigenvalue weighted by molar-refractivity contribution is 5.71. The van der Waals surface area contributed by atoms with Gasteiger partial charge in [0.2, 0.25) is 0 Å². The highest BCUT2D eigenvalue weighted by atomic mass is 16.6. The monoisotopic (exact) mass is 855 g/mol. The summed E-state index contributed by atoms with van der Waals surface area (Å²) in [5, 5.41) is 0. The number of hydrogen-bond acceptors (Lipinski definition) is 6. The topological polar surface area (TPSA) is 78.9 Å². The van der Waals surface area contributed by atoms with E-state index in [4.69, 9.17) is 14.2 Å². The molecule has 0 saturated heterocycles. The molecule has 0 aromatic rings. The fourth-order valence-corrected chi connectivity index (χ4v) is 7.38. The van der Waals surface area contributed by atoms with Crippen molar-refractivity contribution in [2.45, 2.75) is 271 Å². The lowest BCUT2D eigenvalue weighted by molar-refractivity contribution is -0.167. The summed E-state index contributed by atoms with van der Waals surface area (Å²) in [7, 11) is 0. The molecular formula is C55H98O6. The predicted molar refractivity (Wildman–Crippen MR) is 261 cm³/mol. The average Bonchev–Trinajstić information content (AvgIpc) is 3.26. The van der Waals surface area contributed by atoms with Crippen LogP contribution in [0.5, 0.6) is 0 Å². The maximum atomic E-state index is 12.8. The molecule has 354 valence electrons. The maximum absolute atomic E-state index is 12.8. The minimum atomic E-state index is -0.789. The zero-order chi connectivity index (χ0) is 44.4. The number of allylic oxidation sites excluding steroid dienone is 8. The van der Waals surface area contributed by atoms with E-state index >= 15 is 0 Å². The van der Waals surface area contributed by atoms with Gasteiger partial charge in [0.25, 0.3) is 0 Å². The van der Waals surface area contributed by atoms with Crippen molar-refractivity contribution in [3.63, 3.8) is 0 Å². The first-order chi connectivity index (χ1) is 30.0. The van der Waals surface area contributed by atoms with Crippen LogP contribution in [0.15, 0.2) is 48.6 Å². The van der Waals surface area contributed by atoms with Crippen LogP contribution in [0.3, 0.4) is 0 Å². The van der Waals surface area contributed by atoms with Crippen LogP contribution >= 0.6 is 0 Å². The van der Waals surface area contributed by atoms with Crippen LogP contribution in [0.25, 0.3) is 0 Å². The average molecular weight is 855 g/mol. The molecule has 0 rings (SSSR count). The van der Waals surface area contributed by atoms with Crippen molar-refractivity contribution < 1.29 is 28.6 Å². The van der Waals surface area contributed by atoms with Gasteiger partial charge in [0, 0.05) is 19.3 Å². The van der Waals surface area contributed by atoms with Crippen LogP contribution in [0.2, 0.25) is 0 Å². The van der Waals surface area contributed by atoms with Gasteiger partial charge in [0.05, 0.1) is 0 Å². The van der Waals surface area contributed by atoms with Crippen LogP contribution < -0.4 is 0 Å². The van der Waals surface area contributed by atoms with Crippen LogP contribution in [0.4, 0.5) is 0 Å². The van der Waals surface area contributed by atoms with E-state index in [0.717, 1.165) is 64.2 Å². The van der Waals surface area contributed by atoms with Gasteiger partial charge in [0.15, 0.2) is 6.10 Å². The molecule has 61 heavy (non-hydrogen) atoms. The predicted octanol–water partition coefficient (Wildman–Crippen LogP) is 17.1. The van der Waals surface area contributed by atoms with Crippen molar-refractivity contribution in [3.8, 4) is 0 Å². The maximum Gasteiger partial charge on any atom is 0.306 e. The first-order valence-electron chi connectivity index (χ1n) is 26.1. The summed E-state index contributed by atoms with van der Waals surface area (Å²) in [4.78, 5) is 37.9. The van der Waals surface area contributed by atoms with Crippen LogP contribution in [-0.4, -0.2) is 37.2 Å². The largest absolute Gasteiger partial charge is 0.462 e. The van der Waals surface area contributed by atoms with Crippen LogP contribution in [0.1, 0.15) is 265 Å². The molecule has 0 aliphatic rings.